The molecule has 6 aromatic carbocycles. The van der Waals surface area contributed by atoms with Crippen LogP contribution in [0.5, 0.6) is 0 Å². The van der Waals surface area contributed by atoms with Crippen molar-refractivity contribution >= 4 is 48.8 Å². The Kier molecular flexibility index (Phi) is 3.60. The van der Waals surface area contributed by atoms with Gasteiger partial charge >= 0.3 is 0 Å². The van der Waals surface area contributed by atoms with Gasteiger partial charge in [0.1, 0.15) is 0 Å². The van der Waals surface area contributed by atoms with Crippen LogP contribution in [0.4, 0.5) is 5.69 Å². The summed E-state index contributed by atoms with van der Waals surface area (Å²) in [6.45, 7) is 7.67. The maximum atomic E-state index is 7.67. The molecular weight excluding hydrogens is 362 g/mol. The number of nitrogens with zero attached hydrogens (tertiary/aromatic N) is 1. The first-order valence-electron chi connectivity index (χ1n) is 10.1. The molecule has 0 bridgehead atoms. The van der Waals surface area contributed by atoms with E-state index in [1.54, 1.807) is 0 Å². The lowest BCUT2D eigenvalue weighted by Gasteiger charge is -2.16. The predicted molar refractivity (Wildman–Crippen MR) is 128 cm³/mol. The number of fused-ring (bicyclic) bond motifs is 8. The minimum atomic E-state index is 0.687. The minimum Gasteiger partial charge on any atom is -0.238 e. The van der Waals surface area contributed by atoms with E-state index in [9.17, 15) is 0 Å². The summed E-state index contributed by atoms with van der Waals surface area (Å²) in [6.07, 6.45) is 0. The number of para-hydroxylation sites is 1. The SMILES string of the molecule is [C-]#[N+]c1ccccc1-c1cc2c3ccccc3c3ccccc3c2c2ccccc12. The summed E-state index contributed by atoms with van der Waals surface area (Å²) in [4.78, 5) is 3.80. The molecule has 0 aliphatic carbocycles. The second-order valence-corrected chi connectivity index (χ2v) is 7.61. The zero-order valence-corrected chi connectivity index (χ0v) is 16.3. The highest BCUT2D eigenvalue weighted by atomic mass is 14.6. The lowest BCUT2D eigenvalue weighted by molar-refractivity contribution is 1.68. The molecule has 0 amide bonds. The van der Waals surface area contributed by atoms with Gasteiger partial charge in [0, 0.05) is 0 Å². The average Bonchev–Trinajstić information content (AvgIpc) is 2.83. The molecule has 0 saturated heterocycles. The van der Waals surface area contributed by atoms with Crippen LogP contribution in [0, 0.1) is 6.57 Å². The summed E-state index contributed by atoms with van der Waals surface area (Å²) >= 11 is 0. The van der Waals surface area contributed by atoms with E-state index in [1.165, 1.54) is 43.1 Å². The van der Waals surface area contributed by atoms with Crippen molar-refractivity contribution in [1.29, 1.82) is 0 Å². The fourth-order valence-electron chi connectivity index (χ4n) is 4.79. The van der Waals surface area contributed by atoms with Gasteiger partial charge in [-0.15, -0.1) is 0 Å². The molecule has 0 aliphatic rings. The highest BCUT2D eigenvalue weighted by molar-refractivity contribution is 6.33. The van der Waals surface area contributed by atoms with Crippen molar-refractivity contribution < 1.29 is 0 Å². The molecule has 0 atom stereocenters. The predicted octanol–water partition coefficient (Wildman–Crippen LogP) is 8.52. The second kappa shape index (κ2) is 6.44. The van der Waals surface area contributed by atoms with Crippen LogP contribution in [0.25, 0.3) is 59.1 Å². The maximum absolute atomic E-state index is 7.67. The van der Waals surface area contributed by atoms with E-state index in [0.717, 1.165) is 11.1 Å². The lowest BCUT2D eigenvalue weighted by Crippen LogP contribution is -1.88. The van der Waals surface area contributed by atoms with Crippen molar-refractivity contribution in [3.05, 3.63) is 115 Å². The maximum Gasteiger partial charge on any atom is 0.194 e. The van der Waals surface area contributed by atoms with Crippen LogP contribution < -0.4 is 0 Å². The van der Waals surface area contributed by atoms with Crippen molar-refractivity contribution in [3.8, 4) is 11.1 Å². The number of benzene rings is 6. The molecule has 0 saturated carbocycles. The first-order chi connectivity index (χ1) is 14.9. The number of rotatable bonds is 1. The first kappa shape index (κ1) is 16.8. The molecule has 0 fully saturated rings. The zero-order valence-electron chi connectivity index (χ0n) is 16.3. The third-order valence-electron chi connectivity index (χ3n) is 6.06. The lowest BCUT2D eigenvalue weighted by atomic mass is 9.87. The number of hydrogen-bond acceptors (Lipinski definition) is 0. The van der Waals surface area contributed by atoms with Crippen LogP contribution in [-0.2, 0) is 0 Å². The van der Waals surface area contributed by atoms with Crippen LogP contribution in [0.3, 0.4) is 0 Å². The standard InChI is InChI=1S/C29H17N/c1-30-28-17-9-8-14-23(28)26-18-27-21-12-3-2-10-19(21)20-11-4-6-15-24(20)29(27)25-16-7-5-13-22(25)26/h2-18H. The largest absolute Gasteiger partial charge is 0.238 e. The van der Waals surface area contributed by atoms with Crippen molar-refractivity contribution in [2.45, 2.75) is 0 Å². The molecule has 0 heterocycles. The van der Waals surface area contributed by atoms with Gasteiger partial charge in [-0.05, 0) is 60.3 Å². The van der Waals surface area contributed by atoms with E-state index >= 15 is 0 Å². The molecule has 0 unspecified atom stereocenters. The van der Waals surface area contributed by atoms with Crippen molar-refractivity contribution in [3.63, 3.8) is 0 Å². The fraction of sp³-hybridized carbons (Fsp3) is 0. The highest BCUT2D eigenvalue weighted by Gasteiger charge is 2.15. The van der Waals surface area contributed by atoms with Gasteiger partial charge in [0.15, 0.2) is 5.69 Å². The Morgan fingerprint density at radius 2 is 0.900 bits per heavy atom. The Morgan fingerprint density at radius 1 is 0.433 bits per heavy atom. The van der Waals surface area contributed by atoms with Crippen LogP contribution >= 0.6 is 0 Å². The Hall–Kier alpha value is -4.15. The Balaban J connectivity index is 1.94. The molecule has 0 aliphatic heterocycles. The van der Waals surface area contributed by atoms with Gasteiger partial charge in [-0.25, -0.2) is 4.85 Å². The van der Waals surface area contributed by atoms with Crippen molar-refractivity contribution in [2.24, 2.45) is 0 Å². The van der Waals surface area contributed by atoms with E-state index in [0.29, 0.717) is 5.69 Å². The molecule has 0 radical (unpaired) electrons. The summed E-state index contributed by atoms with van der Waals surface area (Å²) in [5.41, 5.74) is 2.79. The van der Waals surface area contributed by atoms with E-state index in [1.807, 2.05) is 18.2 Å². The van der Waals surface area contributed by atoms with Crippen LogP contribution in [0.15, 0.2) is 103 Å². The Morgan fingerprint density at radius 3 is 1.57 bits per heavy atom. The molecule has 0 N–H and O–H groups in total. The molecule has 0 spiro atoms. The second-order valence-electron chi connectivity index (χ2n) is 7.61. The summed E-state index contributed by atoms with van der Waals surface area (Å²) in [6, 6.07) is 36.1. The highest BCUT2D eigenvalue weighted by Crippen LogP contribution is 2.44. The molecule has 138 valence electrons. The van der Waals surface area contributed by atoms with Crippen molar-refractivity contribution in [1.82, 2.24) is 0 Å². The van der Waals surface area contributed by atoms with Gasteiger partial charge in [0.2, 0.25) is 0 Å². The van der Waals surface area contributed by atoms with Crippen LogP contribution in [0.1, 0.15) is 0 Å². The summed E-state index contributed by atoms with van der Waals surface area (Å²) < 4.78 is 0. The van der Waals surface area contributed by atoms with Gasteiger partial charge in [0.25, 0.3) is 0 Å². The van der Waals surface area contributed by atoms with Gasteiger partial charge in [0.05, 0.1) is 6.57 Å². The summed E-state index contributed by atoms with van der Waals surface area (Å²) in [5.74, 6) is 0. The Bertz CT molecular complexity index is 1650. The van der Waals surface area contributed by atoms with E-state index in [4.69, 9.17) is 6.57 Å². The molecule has 6 aromatic rings. The smallest absolute Gasteiger partial charge is 0.194 e. The average molecular weight is 379 g/mol. The third kappa shape index (κ3) is 2.28. The number of hydrogen-bond donors (Lipinski definition) is 0. The van der Waals surface area contributed by atoms with E-state index in [2.05, 4.69) is 89.8 Å². The quantitative estimate of drug-likeness (QED) is 0.199. The summed E-state index contributed by atoms with van der Waals surface area (Å²) in [7, 11) is 0. The van der Waals surface area contributed by atoms with Gasteiger partial charge < -0.3 is 0 Å². The molecular formula is C29H17N. The third-order valence-corrected chi connectivity index (χ3v) is 6.06. The van der Waals surface area contributed by atoms with Gasteiger partial charge in [-0.1, -0.05) is 97.1 Å². The van der Waals surface area contributed by atoms with Gasteiger partial charge in [-0.3, -0.25) is 0 Å². The molecule has 30 heavy (non-hydrogen) atoms. The fourth-order valence-corrected chi connectivity index (χ4v) is 4.79. The molecule has 0 aromatic heterocycles. The minimum absolute atomic E-state index is 0.687. The van der Waals surface area contributed by atoms with E-state index in [-0.39, 0.29) is 0 Å². The topological polar surface area (TPSA) is 4.36 Å². The monoisotopic (exact) mass is 379 g/mol. The molecule has 1 heteroatoms. The van der Waals surface area contributed by atoms with Gasteiger partial charge in [-0.2, -0.15) is 0 Å². The van der Waals surface area contributed by atoms with Crippen LogP contribution in [0.2, 0.25) is 0 Å². The normalized spacial score (nSPS) is 11.3. The first-order valence-corrected chi connectivity index (χ1v) is 10.1. The van der Waals surface area contributed by atoms with E-state index < -0.39 is 0 Å². The Labute approximate surface area is 174 Å². The molecule has 6 rings (SSSR count). The molecule has 1 nitrogen and oxygen atoms in total. The van der Waals surface area contributed by atoms with Crippen molar-refractivity contribution in [2.75, 3.05) is 0 Å². The van der Waals surface area contributed by atoms with Crippen LogP contribution in [-0.4, -0.2) is 0 Å². The summed E-state index contributed by atoms with van der Waals surface area (Å²) in [5, 5.41) is 9.99. The zero-order chi connectivity index (χ0) is 20.1.